The van der Waals surface area contributed by atoms with Crippen LogP contribution in [-0.2, 0) is 11.2 Å². The molecule has 0 bridgehead atoms. The van der Waals surface area contributed by atoms with Crippen molar-refractivity contribution < 1.29 is 14.6 Å². The van der Waals surface area contributed by atoms with E-state index in [1.807, 2.05) is 13.8 Å². The molecule has 0 saturated heterocycles. The molecule has 0 atom stereocenters. The molecule has 1 N–H and O–H groups in total. The fraction of sp³-hybridized carbons (Fsp3) is 0.417. The molecule has 0 spiro atoms. The van der Waals surface area contributed by atoms with E-state index in [0.717, 1.165) is 9.84 Å². The minimum Gasteiger partial charge on any atom is -0.478 e. The highest BCUT2D eigenvalue weighted by atomic mass is 32.1. The van der Waals surface area contributed by atoms with Gasteiger partial charge in [-0.1, -0.05) is 11.3 Å². The van der Waals surface area contributed by atoms with E-state index in [2.05, 4.69) is 9.97 Å². The molecule has 0 amide bonds. The van der Waals surface area contributed by atoms with Crippen LogP contribution < -0.4 is 0 Å². The molecular weight excluding hydrogens is 252 g/mol. The Morgan fingerprint density at radius 1 is 1.56 bits per heavy atom. The number of fused-ring (bicyclic) bond motifs is 1. The van der Waals surface area contributed by atoms with Gasteiger partial charge in [-0.3, -0.25) is 0 Å². The predicted octanol–water partition coefficient (Wildman–Crippen LogP) is 2.28. The highest BCUT2D eigenvalue weighted by Crippen LogP contribution is 2.25. The molecule has 0 radical (unpaired) electrons. The second-order valence-electron chi connectivity index (χ2n) is 3.79. The van der Waals surface area contributed by atoms with Crippen molar-refractivity contribution in [2.24, 2.45) is 0 Å². The summed E-state index contributed by atoms with van der Waals surface area (Å²) in [6.07, 6.45) is 1.95. The average Bonchev–Trinajstić information content (AvgIpc) is 2.69. The monoisotopic (exact) mass is 266 g/mol. The highest BCUT2D eigenvalue weighted by Gasteiger charge is 2.16. The molecule has 2 heterocycles. The Labute approximate surface area is 108 Å². The average molecular weight is 266 g/mol. The Hall–Kier alpha value is -1.53. The van der Waals surface area contributed by atoms with Gasteiger partial charge in [-0.15, -0.1) is 0 Å². The van der Waals surface area contributed by atoms with Crippen LogP contribution in [0.25, 0.3) is 10.3 Å². The molecule has 0 unspecified atom stereocenters. The van der Waals surface area contributed by atoms with Crippen LogP contribution in [0.2, 0.25) is 0 Å². The lowest BCUT2D eigenvalue weighted by Gasteiger charge is -2.06. The minimum atomic E-state index is -0.971. The van der Waals surface area contributed by atoms with E-state index in [1.165, 1.54) is 17.5 Å². The first-order valence-electron chi connectivity index (χ1n) is 5.69. The van der Waals surface area contributed by atoms with Gasteiger partial charge < -0.3 is 9.84 Å². The van der Waals surface area contributed by atoms with Crippen molar-refractivity contribution in [1.29, 1.82) is 0 Å². The normalized spacial score (nSPS) is 11.0. The largest absolute Gasteiger partial charge is 0.478 e. The summed E-state index contributed by atoms with van der Waals surface area (Å²) in [5, 5.41) is 10.1. The molecule has 0 saturated carbocycles. The van der Waals surface area contributed by atoms with E-state index in [0.29, 0.717) is 30.7 Å². The number of aromatic carboxylic acids is 1. The maximum Gasteiger partial charge on any atom is 0.337 e. The Morgan fingerprint density at radius 2 is 2.33 bits per heavy atom. The summed E-state index contributed by atoms with van der Waals surface area (Å²) in [5.74, 6) is -0.971. The van der Waals surface area contributed by atoms with Crippen LogP contribution in [0.15, 0.2) is 6.20 Å². The smallest absolute Gasteiger partial charge is 0.337 e. The lowest BCUT2D eigenvalue weighted by Crippen LogP contribution is -2.07. The van der Waals surface area contributed by atoms with Gasteiger partial charge in [-0.05, 0) is 25.8 Å². The zero-order chi connectivity index (χ0) is 13.1. The molecule has 96 valence electrons. The number of carbonyl (C=O) groups is 1. The Morgan fingerprint density at radius 3 is 3.00 bits per heavy atom. The van der Waals surface area contributed by atoms with Crippen molar-refractivity contribution >= 4 is 27.7 Å². The van der Waals surface area contributed by atoms with E-state index in [-0.39, 0.29) is 5.56 Å². The predicted molar refractivity (Wildman–Crippen MR) is 69.3 cm³/mol. The van der Waals surface area contributed by atoms with Gasteiger partial charge in [-0.2, -0.15) is 0 Å². The van der Waals surface area contributed by atoms with Crippen LogP contribution >= 0.6 is 11.3 Å². The number of aromatic nitrogens is 2. The van der Waals surface area contributed by atoms with Crippen LogP contribution in [0.5, 0.6) is 0 Å². The first-order chi connectivity index (χ1) is 8.63. The molecule has 0 fully saturated rings. The van der Waals surface area contributed by atoms with Gasteiger partial charge in [-0.25, -0.2) is 14.8 Å². The first-order valence-corrected chi connectivity index (χ1v) is 6.51. The highest BCUT2D eigenvalue weighted by molar-refractivity contribution is 7.18. The summed E-state index contributed by atoms with van der Waals surface area (Å²) in [4.78, 5) is 20.5. The zero-order valence-corrected chi connectivity index (χ0v) is 11.1. The fourth-order valence-corrected chi connectivity index (χ4v) is 2.57. The van der Waals surface area contributed by atoms with Crippen LogP contribution in [0.3, 0.4) is 0 Å². The Balaban J connectivity index is 2.48. The van der Waals surface area contributed by atoms with Gasteiger partial charge in [0.2, 0.25) is 0 Å². The Bertz CT molecular complexity index is 580. The lowest BCUT2D eigenvalue weighted by molar-refractivity contribution is 0.0694. The van der Waals surface area contributed by atoms with Crippen molar-refractivity contribution in [1.82, 2.24) is 9.97 Å². The number of ether oxygens (including phenoxy) is 1. The molecule has 5 nitrogen and oxygen atoms in total. The lowest BCUT2D eigenvalue weighted by atomic mass is 10.1. The SMILES string of the molecule is CCOCCc1c(C(=O)O)cnc2sc(C)nc12. The van der Waals surface area contributed by atoms with Crippen molar-refractivity contribution in [3.8, 4) is 0 Å². The molecule has 6 heteroatoms. The summed E-state index contributed by atoms with van der Waals surface area (Å²) in [5.41, 5.74) is 1.62. The quantitative estimate of drug-likeness (QED) is 0.840. The van der Waals surface area contributed by atoms with Gasteiger partial charge in [0.15, 0.2) is 0 Å². The van der Waals surface area contributed by atoms with Crippen molar-refractivity contribution in [2.45, 2.75) is 20.3 Å². The fourth-order valence-electron chi connectivity index (χ4n) is 1.78. The molecule has 18 heavy (non-hydrogen) atoms. The van der Waals surface area contributed by atoms with Crippen LogP contribution in [-0.4, -0.2) is 34.3 Å². The van der Waals surface area contributed by atoms with E-state index in [9.17, 15) is 9.90 Å². The minimum absolute atomic E-state index is 0.215. The molecule has 2 aromatic heterocycles. The first kappa shape index (κ1) is 12.9. The molecule has 0 aromatic carbocycles. The van der Waals surface area contributed by atoms with Gasteiger partial charge in [0, 0.05) is 12.8 Å². The summed E-state index contributed by atoms with van der Waals surface area (Å²) in [6.45, 7) is 4.91. The summed E-state index contributed by atoms with van der Waals surface area (Å²) >= 11 is 1.47. The molecule has 2 rings (SSSR count). The Kier molecular flexibility index (Phi) is 3.88. The van der Waals surface area contributed by atoms with Gasteiger partial charge >= 0.3 is 5.97 Å². The second-order valence-corrected chi connectivity index (χ2v) is 4.97. The molecule has 2 aromatic rings. The number of hydrogen-bond donors (Lipinski definition) is 1. The second kappa shape index (κ2) is 5.41. The van der Waals surface area contributed by atoms with Gasteiger partial charge in [0.05, 0.1) is 17.2 Å². The van der Waals surface area contributed by atoms with E-state index < -0.39 is 5.97 Å². The maximum absolute atomic E-state index is 11.2. The summed E-state index contributed by atoms with van der Waals surface area (Å²) in [6, 6.07) is 0. The van der Waals surface area contributed by atoms with Crippen molar-refractivity contribution in [3.63, 3.8) is 0 Å². The molecular formula is C12H14N2O3S. The van der Waals surface area contributed by atoms with Gasteiger partial charge in [0.25, 0.3) is 0 Å². The van der Waals surface area contributed by atoms with E-state index in [4.69, 9.17) is 4.74 Å². The standard InChI is InChI=1S/C12H14N2O3S/c1-3-17-5-4-8-9(12(15)16)6-13-11-10(8)14-7(2)18-11/h6H,3-5H2,1-2H3,(H,15,16). The van der Waals surface area contributed by atoms with E-state index in [1.54, 1.807) is 0 Å². The number of thiazole rings is 1. The molecule has 0 aliphatic heterocycles. The van der Waals surface area contributed by atoms with E-state index >= 15 is 0 Å². The maximum atomic E-state index is 11.2. The van der Waals surface area contributed by atoms with Gasteiger partial charge in [0.1, 0.15) is 10.3 Å². The third kappa shape index (κ3) is 2.49. The number of aryl methyl sites for hydroxylation is 1. The zero-order valence-electron chi connectivity index (χ0n) is 10.3. The van der Waals surface area contributed by atoms with Crippen molar-refractivity contribution in [2.75, 3.05) is 13.2 Å². The number of pyridine rings is 1. The van der Waals surface area contributed by atoms with Crippen molar-refractivity contribution in [3.05, 3.63) is 22.3 Å². The van der Waals surface area contributed by atoms with Crippen LogP contribution in [0.1, 0.15) is 27.9 Å². The summed E-state index contributed by atoms with van der Waals surface area (Å²) < 4.78 is 5.29. The van der Waals surface area contributed by atoms with Crippen LogP contribution in [0.4, 0.5) is 0 Å². The third-order valence-electron chi connectivity index (χ3n) is 2.57. The number of carboxylic acids is 1. The van der Waals surface area contributed by atoms with Crippen LogP contribution in [0, 0.1) is 6.92 Å². The molecule has 0 aliphatic carbocycles. The number of nitrogens with zero attached hydrogens (tertiary/aromatic N) is 2. The number of carboxylic acid groups (broad SMARTS) is 1. The number of hydrogen-bond acceptors (Lipinski definition) is 5. The topological polar surface area (TPSA) is 72.3 Å². The molecule has 0 aliphatic rings. The summed E-state index contributed by atoms with van der Waals surface area (Å²) in [7, 11) is 0. The number of rotatable bonds is 5. The third-order valence-corrected chi connectivity index (χ3v) is 3.45.